The predicted molar refractivity (Wildman–Crippen MR) is 76.4 cm³/mol. The minimum Gasteiger partial charge on any atom is -0.0712 e. The lowest BCUT2D eigenvalue weighted by Gasteiger charge is -2.26. The first-order chi connectivity index (χ1) is 8.90. The summed E-state index contributed by atoms with van der Waals surface area (Å²) in [4.78, 5) is 0. The molecule has 0 spiro atoms. The van der Waals surface area contributed by atoms with Gasteiger partial charge in [-0.05, 0) is 61.5 Å². The topological polar surface area (TPSA) is 0 Å². The van der Waals surface area contributed by atoms with Crippen molar-refractivity contribution >= 4 is 0 Å². The van der Waals surface area contributed by atoms with Crippen molar-refractivity contribution in [1.29, 1.82) is 0 Å². The predicted octanol–water partition coefficient (Wildman–Crippen LogP) is 5.55. The second-order valence-corrected chi connectivity index (χ2v) is 6.63. The lowest BCUT2D eigenvalue weighted by molar-refractivity contribution is 0.288. The first-order valence-corrected chi connectivity index (χ1v) is 8.11. The van der Waals surface area contributed by atoms with Gasteiger partial charge in [0, 0.05) is 0 Å². The maximum atomic E-state index is 3.46. The number of allylic oxidation sites excluding steroid dienone is 2. The van der Waals surface area contributed by atoms with E-state index in [4.69, 9.17) is 0 Å². The smallest absolute Gasteiger partial charge is 0.0194 e. The van der Waals surface area contributed by atoms with Crippen molar-refractivity contribution < 1.29 is 0 Å². The van der Waals surface area contributed by atoms with Crippen LogP contribution in [0.25, 0.3) is 0 Å². The summed E-state index contributed by atoms with van der Waals surface area (Å²) in [6.07, 6.45) is 17.0. The Morgan fingerprint density at radius 1 is 0.556 bits per heavy atom. The standard InChI is InChI=1S/C18H26/c1-2-4-16-6-5-15(3-1)7-9-17-11-13-18(10-8-16)14-12-17/h15-16H,1-11,13H2. The summed E-state index contributed by atoms with van der Waals surface area (Å²) in [7, 11) is 0. The van der Waals surface area contributed by atoms with E-state index in [9.17, 15) is 0 Å². The van der Waals surface area contributed by atoms with Gasteiger partial charge in [0.15, 0.2) is 0 Å². The Bertz CT molecular complexity index is 350. The van der Waals surface area contributed by atoms with E-state index in [0.717, 1.165) is 11.8 Å². The first kappa shape index (κ1) is 12.3. The Labute approximate surface area is 112 Å². The van der Waals surface area contributed by atoms with Crippen molar-refractivity contribution in [3.05, 3.63) is 22.6 Å². The maximum absolute atomic E-state index is 3.46. The minimum absolute atomic E-state index is 1.01. The average Bonchev–Trinajstić information content (AvgIpc) is 2.37. The summed E-state index contributed by atoms with van der Waals surface area (Å²) >= 11 is 0. The lowest BCUT2D eigenvalue weighted by atomic mass is 9.79. The van der Waals surface area contributed by atoms with E-state index >= 15 is 0 Å². The van der Waals surface area contributed by atoms with Gasteiger partial charge < -0.3 is 0 Å². The van der Waals surface area contributed by atoms with Crippen LogP contribution >= 0.6 is 0 Å². The summed E-state index contributed by atoms with van der Waals surface area (Å²) in [6, 6.07) is 0. The second kappa shape index (κ2) is 5.96. The average molecular weight is 242 g/mol. The third kappa shape index (κ3) is 3.19. The van der Waals surface area contributed by atoms with Gasteiger partial charge in [-0.15, -0.1) is 0 Å². The van der Waals surface area contributed by atoms with Crippen molar-refractivity contribution in [3.8, 4) is 0 Å². The van der Waals surface area contributed by atoms with Gasteiger partial charge >= 0.3 is 0 Å². The zero-order valence-electron chi connectivity index (χ0n) is 11.6. The molecule has 0 aromatic rings. The highest BCUT2D eigenvalue weighted by Crippen LogP contribution is 2.35. The van der Waals surface area contributed by atoms with Crippen LogP contribution in [0.15, 0.2) is 22.6 Å². The highest BCUT2D eigenvalue weighted by atomic mass is 14.2. The van der Waals surface area contributed by atoms with Crippen LogP contribution in [0.4, 0.5) is 0 Å². The van der Waals surface area contributed by atoms with Gasteiger partial charge in [-0.25, -0.2) is 0 Å². The molecule has 4 aliphatic carbocycles. The van der Waals surface area contributed by atoms with E-state index in [0.29, 0.717) is 0 Å². The van der Waals surface area contributed by atoms with Crippen LogP contribution in [-0.4, -0.2) is 0 Å². The molecule has 2 saturated carbocycles. The van der Waals surface area contributed by atoms with Crippen LogP contribution in [0.5, 0.6) is 0 Å². The third-order valence-electron chi connectivity index (χ3n) is 5.31. The zero-order chi connectivity index (χ0) is 12.2. The molecule has 0 aromatic carbocycles. The number of fused-ring (bicyclic) bond motifs is 3. The molecule has 4 rings (SSSR count). The van der Waals surface area contributed by atoms with E-state index < -0.39 is 0 Å². The summed E-state index contributed by atoms with van der Waals surface area (Å²) in [5, 5.41) is 0. The van der Waals surface area contributed by atoms with Gasteiger partial charge in [-0.2, -0.15) is 0 Å². The van der Waals surface area contributed by atoms with Crippen molar-refractivity contribution in [3.63, 3.8) is 0 Å². The summed E-state index contributed by atoms with van der Waals surface area (Å²) in [5.41, 5.74) is 10.0. The van der Waals surface area contributed by atoms with Crippen molar-refractivity contribution in [2.24, 2.45) is 11.8 Å². The van der Waals surface area contributed by atoms with E-state index in [1.54, 1.807) is 11.1 Å². The van der Waals surface area contributed by atoms with Gasteiger partial charge in [-0.1, -0.05) is 50.0 Å². The molecule has 0 saturated heterocycles. The number of hydrogen-bond acceptors (Lipinski definition) is 0. The van der Waals surface area contributed by atoms with Crippen LogP contribution in [0, 0.1) is 11.8 Å². The van der Waals surface area contributed by atoms with Gasteiger partial charge in [0.2, 0.25) is 0 Å². The molecule has 98 valence electrons. The summed E-state index contributed by atoms with van der Waals surface area (Å²) in [5.74, 6) is 2.01. The third-order valence-corrected chi connectivity index (χ3v) is 5.31. The molecule has 4 bridgehead atoms. The molecule has 2 fully saturated rings. The normalized spacial score (nSPS) is 32.9. The molecule has 0 aromatic heterocycles. The SMILES string of the molecule is C1=C=C2CCC=1CCC1CCCCC(CC2)CC1. The Morgan fingerprint density at radius 2 is 1.06 bits per heavy atom. The van der Waals surface area contributed by atoms with Crippen LogP contribution in [-0.2, 0) is 0 Å². The van der Waals surface area contributed by atoms with Crippen molar-refractivity contribution in [2.45, 2.75) is 77.0 Å². The molecule has 2 unspecified atom stereocenters. The van der Waals surface area contributed by atoms with Gasteiger partial charge in [0.05, 0.1) is 0 Å². The van der Waals surface area contributed by atoms with Gasteiger partial charge in [-0.3, -0.25) is 0 Å². The Morgan fingerprint density at radius 3 is 1.50 bits per heavy atom. The zero-order valence-corrected chi connectivity index (χ0v) is 11.6. The Hall–Kier alpha value is -0.700. The molecule has 0 heteroatoms. The highest BCUT2D eigenvalue weighted by Gasteiger charge is 2.19. The maximum Gasteiger partial charge on any atom is -0.0194 e. The van der Waals surface area contributed by atoms with Crippen molar-refractivity contribution in [1.82, 2.24) is 0 Å². The van der Waals surface area contributed by atoms with Crippen LogP contribution in [0.2, 0.25) is 0 Å². The molecule has 0 nitrogen and oxygen atoms in total. The quantitative estimate of drug-likeness (QED) is 0.489. The van der Waals surface area contributed by atoms with Crippen molar-refractivity contribution in [2.75, 3.05) is 0 Å². The van der Waals surface area contributed by atoms with Gasteiger partial charge in [0.25, 0.3) is 0 Å². The van der Waals surface area contributed by atoms with Crippen LogP contribution in [0.3, 0.4) is 0 Å². The number of rotatable bonds is 0. The molecular formula is C18H26. The van der Waals surface area contributed by atoms with Crippen LogP contribution in [0.1, 0.15) is 77.0 Å². The molecule has 0 N–H and O–H groups in total. The van der Waals surface area contributed by atoms with E-state index in [-0.39, 0.29) is 0 Å². The van der Waals surface area contributed by atoms with E-state index in [1.807, 2.05) is 0 Å². The molecule has 0 amide bonds. The Kier molecular flexibility index (Phi) is 4.09. The fraction of sp³-hybridized carbons (Fsp3) is 0.778. The number of hydrogen-bond donors (Lipinski definition) is 0. The first-order valence-electron chi connectivity index (χ1n) is 8.11. The molecule has 0 heterocycles. The van der Waals surface area contributed by atoms with Crippen LogP contribution < -0.4 is 0 Å². The monoisotopic (exact) mass is 242 g/mol. The molecular weight excluding hydrogens is 216 g/mol. The molecule has 4 aliphatic rings. The summed E-state index contributed by atoms with van der Waals surface area (Å²) < 4.78 is 0. The second-order valence-electron chi connectivity index (χ2n) is 6.63. The van der Waals surface area contributed by atoms with E-state index in [2.05, 4.69) is 11.5 Å². The largest absolute Gasteiger partial charge is 0.0712 e. The van der Waals surface area contributed by atoms with E-state index in [1.165, 1.54) is 77.0 Å². The molecule has 0 radical (unpaired) electrons. The highest BCUT2D eigenvalue weighted by molar-refractivity contribution is 5.14. The Balaban J connectivity index is 1.79. The minimum atomic E-state index is 1.01. The van der Waals surface area contributed by atoms with Gasteiger partial charge in [0.1, 0.15) is 0 Å². The fourth-order valence-corrected chi connectivity index (χ4v) is 3.94. The molecule has 0 aliphatic heterocycles. The lowest BCUT2D eigenvalue weighted by Crippen LogP contribution is -2.12. The fourth-order valence-electron chi connectivity index (χ4n) is 3.94. The molecule has 18 heavy (non-hydrogen) atoms. The summed E-state index contributed by atoms with van der Waals surface area (Å²) in [6.45, 7) is 0. The molecule has 2 atom stereocenters.